The average molecular weight is 445 g/mol. The van der Waals surface area contributed by atoms with E-state index < -0.39 is 11.6 Å². The summed E-state index contributed by atoms with van der Waals surface area (Å²) in [6, 6.07) is 12.2. The molecular formula is C21H14Cl2N2O3S. The maximum Gasteiger partial charge on any atom is 0.242 e. The summed E-state index contributed by atoms with van der Waals surface area (Å²) in [4.78, 5) is 17.5. The highest BCUT2D eigenvalue weighted by atomic mass is 35.5. The minimum absolute atomic E-state index is 0.115. The van der Waals surface area contributed by atoms with Crippen molar-refractivity contribution in [2.45, 2.75) is 12.8 Å². The normalized spacial score (nSPS) is 13.9. The van der Waals surface area contributed by atoms with Crippen LogP contribution in [0, 0.1) is 5.92 Å². The van der Waals surface area contributed by atoms with Crippen molar-refractivity contribution in [1.82, 2.24) is 9.55 Å². The van der Waals surface area contributed by atoms with Crippen molar-refractivity contribution in [2.75, 3.05) is 0 Å². The average Bonchev–Trinajstić information content (AvgIpc) is 3.42. The first-order valence-electron chi connectivity index (χ1n) is 8.97. The van der Waals surface area contributed by atoms with Crippen molar-refractivity contribution >= 4 is 50.5 Å². The maximum absolute atomic E-state index is 13.0. The number of aromatic hydroxyl groups is 2. The SMILES string of the molecule is O=C(c1c(O)c(O)n(-c2nc3ccc(Cl)cc3s2)c1-c1ccc(Cl)cc1)C1CC1. The van der Waals surface area contributed by atoms with E-state index in [4.69, 9.17) is 23.2 Å². The van der Waals surface area contributed by atoms with Gasteiger partial charge in [-0.05, 0) is 48.7 Å². The summed E-state index contributed by atoms with van der Waals surface area (Å²) in [6.45, 7) is 0. The lowest BCUT2D eigenvalue weighted by Crippen LogP contribution is -2.05. The number of aromatic nitrogens is 2. The van der Waals surface area contributed by atoms with Crippen LogP contribution in [0.1, 0.15) is 23.2 Å². The van der Waals surface area contributed by atoms with E-state index in [1.165, 1.54) is 15.9 Å². The van der Waals surface area contributed by atoms with E-state index in [9.17, 15) is 15.0 Å². The van der Waals surface area contributed by atoms with E-state index >= 15 is 0 Å². The number of fused-ring (bicyclic) bond motifs is 1. The van der Waals surface area contributed by atoms with Gasteiger partial charge in [0.2, 0.25) is 5.88 Å². The molecule has 2 aromatic carbocycles. The van der Waals surface area contributed by atoms with Gasteiger partial charge in [0.05, 0.1) is 21.5 Å². The smallest absolute Gasteiger partial charge is 0.242 e. The number of thiazole rings is 1. The molecule has 0 amide bonds. The van der Waals surface area contributed by atoms with Crippen LogP contribution in [0.5, 0.6) is 11.6 Å². The summed E-state index contributed by atoms with van der Waals surface area (Å²) in [6.07, 6.45) is 1.56. The summed E-state index contributed by atoms with van der Waals surface area (Å²) >= 11 is 13.4. The zero-order valence-electron chi connectivity index (χ0n) is 14.9. The monoisotopic (exact) mass is 444 g/mol. The van der Waals surface area contributed by atoms with Crippen LogP contribution in [0.4, 0.5) is 0 Å². The summed E-state index contributed by atoms with van der Waals surface area (Å²) in [5.41, 5.74) is 1.87. The number of benzene rings is 2. The van der Waals surface area contributed by atoms with Crippen LogP contribution in [0.3, 0.4) is 0 Å². The summed E-state index contributed by atoms with van der Waals surface area (Å²) in [5.74, 6) is -1.14. The van der Waals surface area contributed by atoms with Gasteiger partial charge in [0.15, 0.2) is 16.7 Å². The van der Waals surface area contributed by atoms with E-state index in [0.29, 0.717) is 32.0 Å². The molecule has 4 aromatic rings. The fourth-order valence-electron chi connectivity index (χ4n) is 3.38. The predicted molar refractivity (Wildman–Crippen MR) is 115 cm³/mol. The van der Waals surface area contributed by atoms with Crippen LogP contribution < -0.4 is 0 Å². The van der Waals surface area contributed by atoms with Crippen LogP contribution in [0.15, 0.2) is 42.5 Å². The quantitative estimate of drug-likeness (QED) is 0.374. The standard InChI is InChI=1S/C21H14Cl2N2O3S/c22-12-5-3-10(4-6-12)17-16(18(26)11-1-2-11)19(27)20(28)25(17)21-24-14-8-7-13(23)9-15(14)29-21/h3-9,11,27-28H,1-2H2. The second-order valence-corrected chi connectivity index (χ2v) is 8.87. The Hall–Kier alpha value is -2.54. The van der Waals surface area contributed by atoms with E-state index in [2.05, 4.69) is 4.98 Å². The van der Waals surface area contributed by atoms with Crippen LogP contribution in [-0.2, 0) is 0 Å². The highest BCUT2D eigenvalue weighted by molar-refractivity contribution is 7.20. The fourth-order valence-corrected chi connectivity index (χ4v) is 4.76. The maximum atomic E-state index is 13.0. The van der Waals surface area contributed by atoms with E-state index in [1.807, 2.05) is 0 Å². The van der Waals surface area contributed by atoms with E-state index in [0.717, 1.165) is 17.5 Å². The lowest BCUT2D eigenvalue weighted by Gasteiger charge is -2.09. The number of carbonyl (C=O) groups excluding carboxylic acids is 1. The van der Waals surface area contributed by atoms with Gasteiger partial charge in [0.25, 0.3) is 0 Å². The van der Waals surface area contributed by atoms with Gasteiger partial charge in [0, 0.05) is 16.0 Å². The number of nitrogens with zero attached hydrogens (tertiary/aromatic N) is 2. The van der Waals surface area contributed by atoms with E-state index in [-0.39, 0.29) is 17.3 Å². The zero-order valence-corrected chi connectivity index (χ0v) is 17.2. The van der Waals surface area contributed by atoms with Crippen molar-refractivity contribution in [3.63, 3.8) is 0 Å². The predicted octanol–water partition coefficient (Wildman–Crippen LogP) is 6.06. The molecule has 1 fully saturated rings. The molecule has 2 N–H and O–H groups in total. The summed E-state index contributed by atoms with van der Waals surface area (Å²) in [7, 11) is 0. The van der Waals surface area contributed by atoms with Crippen molar-refractivity contribution < 1.29 is 15.0 Å². The van der Waals surface area contributed by atoms with Crippen molar-refractivity contribution in [3.05, 3.63) is 58.1 Å². The van der Waals surface area contributed by atoms with Crippen LogP contribution >= 0.6 is 34.5 Å². The van der Waals surface area contributed by atoms with Gasteiger partial charge in [-0.3, -0.25) is 9.36 Å². The Morgan fingerprint density at radius 1 is 1.07 bits per heavy atom. The molecule has 0 bridgehead atoms. The van der Waals surface area contributed by atoms with Crippen LogP contribution in [0.2, 0.25) is 10.0 Å². The topological polar surface area (TPSA) is 75.3 Å². The molecule has 5 rings (SSSR count). The minimum atomic E-state index is -0.427. The molecule has 0 saturated heterocycles. The van der Waals surface area contributed by atoms with Gasteiger partial charge < -0.3 is 10.2 Å². The fraction of sp³-hybridized carbons (Fsp3) is 0.143. The molecule has 0 aliphatic heterocycles. The van der Waals surface area contributed by atoms with Gasteiger partial charge in [-0.25, -0.2) is 4.98 Å². The molecule has 0 atom stereocenters. The molecule has 1 saturated carbocycles. The van der Waals surface area contributed by atoms with E-state index in [1.54, 1.807) is 42.5 Å². The number of Topliss-reactive ketones (excluding diaryl/α,β-unsaturated/α-hetero) is 1. The molecular weight excluding hydrogens is 431 g/mol. The molecule has 8 heteroatoms. The largest absolute Gasteiger partial charge is 0.503 e. The Balaban J connectivity index is 1.80. The zero-order chi connectivity index (χ0) is 20.3. The Bertz CT molecular complexity index is 1270. The number of hydrogen-bond donors (Lipinski definition) is 2. The number of halogens is 2. The van der Waals surface area contributed by atoms with Crippen molar-refractivity contribution in [3.8, 4) is 28.0 Å². The molecule has 2 aromatic heterocycles. The minimum Gasteiger partial charge on any atom is -0.503 e. The third-order valence-corrected chi connectivity index (χ3v) is 6.45. The Morgan fingerprint density at radius 2 is 1.76 bits per heavy atom. The first-order chi connectivity index (χ1) is 13.9. The molecule has 29 heavy (non-hydrogen) atoms. The molecule has 146 valence electrons. The molecule has 0 radical (unpaired) electrons. The Morgan fingerprint density at radius 3 is 2.45 bits per heavy atom. The van der Waals surface area contributed by atoms with Gasteiger partial charge in [-0.2, -0.15) is 0 Å². The van der Waals surface area contributed by atoms with Gasteiger partial charge in [0.1, 0.15) is 0 Å². The molecule has 5 nitrogen and oxygen atoms in total. The summed E-state index contributed by atoms with van der Waals surface area (Å²) < 4.78 is 2.25. The van der Waals surface area contributed by atoms with Gasteiger partial charge >= 0.3 is 0 Å². The third kappa shape index (κ3) is 3.08. The first-order valence-corrected chi connectivity index (χ1v) is 10.5. The Kier molecular flexibility index (Phi) is 4.31. The molecule has 1 aliphatic carbocycles. The number of hydrogen-bond acceptors (Lipinski definition) is 5. The highest BCUT2D eigenvalue weighted by Gasteiger charge is 2.38. The Labute approximate surface area is 179 Å². The molecule has 0 unspecified atom stereocenters. The van der Waals surface area contributed by atoms with Crippen LogP contribution in [0.25, 0.3) is 26.6 Å². The third-order valence-electron chi connectivity index (χ3n) is 4.96. The molecule has 1 aliphatic rings. The molecule has 0 spiro atoms. The lowest BCUT2D eigenvalue weighted by molar-refractivity contribution is 0.0965. The lowest BCUT2D eigenvalue weighted by atomic mass is 10.0. The number of ketones is 1. The van der Waals surface area contributed by atoms with Crippen LogP contribution in [-0.4, -0.2) is 25.5 Å². The second kappa shape index (κ2) is 6.76. The molecule has 2 heterocycles. The number of carbonyl (C=O) groups is 1. The first kappa shape index (κ1) is 18.5. The van der Waals surface area contributed by atoms with Crippen molar-refractivity contribution in [1.29, 1.82) is 0 Å². The van der Waals surface area contributed by atoms with Gasteiger partial charge in [-0.15, -0.1) is 0 Å². The summed E-state index contributed by atoms with van der Waals surface area (Å²) in [5, 5.41) is 23.0. The second-order valence-electron chi connectivity index (χ2n) is 6.99. The van der Waals surface area contributed by atoms with Gasteiger partial charge in [-0.1, -0.05) is 46.7 Å². The highest BCUT2D eigenvalue weighted by Crippen LogP contribution is 2.47. The number of rotatable bonds is 4. The van der Waals surface area contributed by atoms with Crippen molar-refractivity contribution in [2.24, 2.45) is 5.92 Å².